The highest BCUT2D eigenvalue weighted by atomic mass is 19.4. The van der Waals surface area contributed by atoms with Crippen molar-refractivity contribution in [3.8, 4) is 5.88 Å². The minimum absolute atomic E-state index is 0.143. The highest BCUT2D eigenvalue weighted by Gasteiger charge is 2.32. The first-order chi connectivity index (χ1) is 9.90. The van der Waals surface area contributed by atoms with Gasteiger partial charge in [0.15, 0.2) is 0 Å². The minimum atomic E-state index is -4.51. The summed E-state index contributed by atoms with van der Waals surface area (Å²) in [6.45, 7) is 0.280. The van der Waals surface area contributed by atoms with Gasteiger partial charge in [0.1, 0.15) is 5.69 Å². The van der Waals surface area contributed by atoms with E-state index in [2.05, 4.69) is 15.3 Å². The van der Waals surface area contributed by atoms with Gasteiger partial charge in [-0.15, -0.1) is 0 Å². The molecule has 2 heterocycles. The number of nitrogens with zero attached hydrogens (tertiary/aromatic N) is 2. The Morgan fingerprint density at radius 1 is 1.24 bits per heavy atom. The summed E-state index contributed by atoms with van der Waals surface area (Å²) >= 11 is 0. The summed E-state index contributed by atoms with van der Waals surface area (Å²) in [4.78, 5) is 7.27. The van der Waals surface area contributed by atoms with Gasteiger partial charge in [-0.2, -0.15) is 13.2 Å². The molecule has 8 heteroatoms. The molecule has 2 aromatic rings. The molecular formula is C13H13F3N4O. The molecule has 0 aliphatic heterocycles. The molecule has 0 saturated carbocycles. The lowest BCUT2D eigenvalue weighted by Gasteiger charge is -2.12. The van der Waals surface area contributed by atoms with Gasteiger partial charge in [0.2, 0.25) is 5.88 Å². The van der Waals surface area contributed by atoms with Crippen LogP contribution in [0.25, 0.3) is 0 Å². The van der Waals surface area contributed by atoms with Crippen molar-refractivity contribution in [2.24, 2.45) is 0 Å². The number of ether oxygens (including phenoxy) is 1. The number of alkyl halides is 3. The summed E-state index contributed by atoms with van der Waals surface area (Å²) in [6, 6.07) is 4.29. The molecule has 0 aliphatic carbocycles. The van der Waals surface area contributed by atoms with E-state index in [1.807, 2.05) is 0 Å². The standard InChI is InChI=1S/C13H13F3N4O/c1-21-12-3-2-8(6-20-12)5-18-10-4-11(13(14,15)16)19-7-9(10)17/h2-4,6-7H,5,17H2,1H3,(H,18,19). The summed E-state index contributed by atoms with van der Waals surface area (Å²) in [5.41, 5.74) is 5.72. The fourth-order valence-electron chi connectivity index (χ4n) is 1.61. The first-order valence-electron chi connectivity index (χ1n) is 5.95. The molecule has 0 unspecified atom stereocenters. The molecule has 0 amide bonds. The zero-order valence-corrected chi connectivity index (χ0v) is 11.1. The van der Waals surface area contributed by atoms with E-state index in [1.54, 1.807) is 18.3 Å². The van der Waals surface area contributed by atoms with E-state index in [1.165, 1.54) is 7.11 Å². The minimum Gasteiger partial charge on any atom is -0.481 e. The molecule has 5 nitrogen and oxygen atoms in total. The molecule has 0 fully saturated rings. The molecule has 0 aromatic carbocycles. The number of nitrogens with one attached hydrogen (secondary N) is 1. The van der Waals surface area contributed by atoms with E-state index < -0.39 is 11.9 Å². The molecule has 21 heavy (non-hydrogen) atoms. The lowest BCUT2D eigenvalue weighted by molar-refractivity contribution is -0.141. The highest BCUT2D eigenvalue weighted by Crippen LogP contribution is 2.31. The summed E-state index contributed by atoms with van der Waals surface area (Å²) in [5.74, 6) is 0.460. The molecule has 0 bridgehead atoms. The van der Waals surface area contributed by atoms with Gasteiger partial charge < -0.3 is 15.8 Å². The largest absolute Gasteiger partial charge is 0.481 e. The molecule has 2 aromatic heterocycles. The normalized spacial score (nSPS) is 11.2. The third-order valence-electron chi connectivity index (χ3n) is 2.71. The Morgan fingerprint density at radius 2 is 2.00 bits per heavy atom. The Labute approximate surface area is 119 Å². The van der Waals surface area contributed by atoms with Crippen LogP contribution in [-0.2, 0) is 12.7 Å². The third kappa shape index (κ3) is 3.74. The van der Waals surface area contributed by atoms with Crippen LogP contribution in [0.5, 0.6) is 5.88 Å². The summed E-state index contributed by atoms with van der Waals surface area (Å²) in [7, 11) is 1.50. The average Bonchev–Trinajstić information content (AvgIpc) is 2.45. The maximum Gasteiger partial charge on any atom is 0.433 e. The number of methoxy groups -OCH3 is 1. The Bertz CT molecular complexity index is 614. The molecule has 112 valence electrons. The van der Waals surface area contributed by atoms with Crippen molar-refractivity contribution in [3.63, 3.8) is 0 Å². The van der Waals surface area contributed by atoms with E-state index in [0.29, 0.717) is 5.88 Å². The molecule has 3 N–H and O–H groups in total. The van der Waals surface area contributed by atoms with Crippen LogP contribution in [0.1, 0.15) is 11.3 Å². The fourth-order valence-corrected chi connectivity index (χ4v) is 1.61. The lowest BCUT2D eigenvalue weighted by Crippen LogP contribution is -2.11. The van der Waals surface area contributed by atoms with E-state index >= 15 is 0 Å². The maximum absolute atomic E-state index is 12.6. The zero-order valence-electron chi connectivity index (χ0n) is 11.1. The lowest BCUT2D eigenvalue weighted by atomic mass is 10.2. The SMILES string of the molecule is COc1ccc(CNc2cc(C(F)(F)F)ncc2N)cn1. The van der Waals surface area contributed by atoms with Crippen molar-refractivity contribution < 1.29 is 17.9 Å². The predicted molar refractivity (Wildman–Crippen MR) is 71.8 cm³/mol. The van der Waals surface area contributed by atoms with Crippen LogP contribution in [0.3, 0.4) is 0 Å². The molecule has 0 saturated heterocycles. The van der Waals surface area contributed by atoms with Crippen LogP contribution in [0, 0.1) is 0 Å². The summed E-state index contributed by atoms with van der Waals surface area (Å²) in [5, 5.41) is 2.83. The predicted octanol–water partition coefficient (Wildman–Crippen LogP) is 2.70. The number of pyridine rings is 2. The number of halogens is 3. The van der Waals surface area contributed by atoms with Gasteiger partial charge in [-0.1, -0.05) is 6.07 Å². The maximum atomic E-state index is 12.6. The summed E-state index contributed by atoms with van der Waals surface area (Å²) in [6.07, 6.45) is -1.96. The Hall–Kier alpha value is -2.51. The first-order valence-corrected chi connectivity index (χ1v) is 5.95. The van der Waals surface area contributed by atoms with Gasteiger partial charge in [-0.25, -0.2) is 9.97 Å². The van der Waals surface area contributed by atoms with Gasteiger partial charge >= 0.3 is 6.18 Å². The van der Waals surface area contributed by atoms with Crippen LogP contribution in [0.4, 0.5) is 24.5 Å². The van der Waals surface area contributed by atoms with Crippen molar-refractivity contribution in [1.29, 1.82) is 0 Å². The number of hydrogen-bond acceptors (Lipinski definition) is 5. The topological polar surface area (TPSA) is 73.1 Å². The highest BCUT2D eigenvalue weighted by molar-refractivity contribution is 5.65. The number of hydrogen-bond donors (Lipinski definition) is 2. The van der Waals surface area contributed by atoms with Gasteiger partial charge in [-0.05, 0) is 11.6 Å². The smallest absolute Gasteiger partial charge is 0.433 e. The second-order valence-electron chi connectivity index (χ2n) is 4.22. The third-order valence-corrected chi connectivity index (χ3v) is 2.71. The van der Waals surface area contributed by atoms with Gasteiger partial charge in [0.25, 0.3) is 0 Å². The molecule has 0 aliphatic rings. The first kappa shape index (κ1) is 14.9. The van der Waals surface area contributed by atoms with Crippen molar-refractivity contribution >= 4 is 11.4 Å². The molecular weight excluding hydrogens is 285 g/mol. The van der Waals surface area contributed by atoms with E-state index in [-0.39, 0.29) is 17.9 Å². The Kier molecular flexibility index (Phi) is 4.15. The van der Waals surface area contributed by atoms with Gasteiger partial charge in [-0.3, -0.25) is 0 Å². The van der Waals surface area contributed by atoms with Crippen molar-refractivity contribution in [3.05, 3.63) is 41.9 Å². The van der Waals surface area contributed by atoms with E-state index in [4.69, 9.17) is 10.5 Å². The fraction of sp³-hybridized carbons (Fsp3) is 0.231. The number of nitrogens with two attached hydrogens (primary N) is 1. The quantitative estimate of drug-likeness (QED) is 0.908. The summed E-state index contributed by atoms with van der Waals surface area (Å²) < 4.78 is 42.7. The van der Waals surface area contributed by atoms with Gasteiger partial charge in [0, 0.05) is 18.8 Å². The zero-order chi connectivity index (χ0) is 15.5. The number of nitrogen functional groups attached to an aromatic ring is 1. The Morgan fingerprint density at radius 3 is 2.57 bits per heavy atom. The second kappa shape index (κ2) is 5.86. The van der Waals surface area contributed by atoms with Crippen molar-refractivity contribution in [2.75, 3.05) is 18.2 Å². The molecule has 0 spiro atoms. The average molecular weight is 298 g/mol. The number of anilines is 2. The van der Waals surface area contributed by atoms with Crippen molar-refractivity contribution in [1.82, 2.24) is 9.97 Å². The van der Waals surface area contributed by atoms with Crippen LogP contribution in [-0.4, -0.2) is 17.1 Å². The van der Waals surface area contributed by atoms with Crippen LogP contribution < -0.4 is 15.8 Å². The van der Waals surface area contributed by atoms with E-state index in [9.17, 15) is 13.2 Å². The monoisotopic (exact) mass is 298 g/mol. The Balaban J connectivity index is 2.11. The van der Waals surface area contributed by atoms with Crippen LogP contribution in [0.2, 0.25) is 0 Å². The van der Waals surface area contributed by atoms with Crippen LogP contribution >= 0.6 is 0 Å². The molecule has 0 radical (unpaired) electrons. The molecule has 2 rings (SSSR count). The molecule has 0 atom stereocenters. The van der Waals surface area contributed by atoms with E-state index in [0.717, 1.165) is 17.8 Å². The van der Waals surface area contributed by atoms with Gasteiger partial charge in [0.05, 0.1) is 24.7 Å². The number of rotatable bonds is 4. The second-order valence-corrected chi connectivity index (χ2v) is 4.22. The van der Waals surface area contributed by atoms with Crippen molar-refractivity contribution in [2.45, 2.75) is 12.7 Å². The van der Waals surface area contributed by atoms with Crippen LogP contribution in [0.15, 0.2) is 30.6 Å². The number of aromatic nitrogens is 2.